The molecule has 1 aliphatic rings. The molecule has 6 nitrogen and oxygen atoms in total. The van der Waals surface area contributed by atoms with Crippen molar-refractivity contribution in [1.82, 2.24) is 10.1 Å². The van der Waals surface area contributed by atoms with Crippen molar-refractivity contribution in [3.8, 4) is 11.3 Å². The largest absolute Gasteiger partial charge is 0.381 e. The SMILES string of the molecule is CN1CCN(c2ccc(-c3cc(N)no3)cc2)CC1=O. The molecule has 1 saturated heterocycles. The fourth-order valence-corrected chi connectivity index (χ4v) is 2.24. The second-order valence-corrected chi connectivity index (χ2v) is 4.90. The molecule has 1 aromatic heterocycles. The van der Waals surface area contributed by atoms with Gasteiger partial charge >= 0.3 is 0 Å². The van der Waals surface area contributed by atoms with Crippen molar-refractivity contribution in [1.29, 1.82) is 0 Å². The molecular weight excluding hydrogens is 256 g/mol. The van der Waals surface area contributed by atoms with Gasteiger partial charge in [0.15, 0.2) is 11.6 Å². The second kappa shape index (κ2) is 4.88. The first-order valence-corrected chi connectivity index (χ1v) is 6.45. The number of rotatable bonds is 2. The summed E-state index contributed by atoms with van der Waals surface area (Å²) in [5.41, 5.74) is 7.48. The standard InChI is InChI=1S/C14H16N4O2/c1-17-6-7-18(9-14(17)19)11-4-2-10(3-5-11)12-8-13(15)16-20-12/h2-5,8H,6-7,9H2,1H3,(H2,15,16). The lowest BCUT2D eigenvalue weighted by Gasteiger charge is -2.33. The summed E-state index contributed by atoms with van der Waals surface area (Å²) in [7, 11) is 1.83. The quantitative estimate of drug-likeness (QED) is 0.889. The lowest BCUT2D eigenvalue weighted by Crippen LogP contribution is -2.48. The Kier molecular flexibility index (Phi) is 3.06. The monoisotopic (exact) mass is 272 g/mol. The first-order valence-electron chi connectivity index (χ1n) is 6.45. The molecule has 0 radical (unpaired) electrons. The molecule has 0 aliphatic carbocycles. The van der Waals surface area contributed by atoms with E-state index >= 15 is 0 Å². The molecular formula is C14H16N4O2. The van der Waals surface area contributed by atoms with E-state index in [1.807, 2.05) is 31.3 Å². The Morgan fingerprint density at radius 2 is 2.00 bits per heavy atom. The molecule has 1 amide bonds. The highest BCUT2D eigenvalue weighted by Gasteiger charge is 2.21. The van der Waals surface area contributed by atoms with Crippen molar-refractivity contribution in [3.05, 3.63) is 30.3 Å². The van der Waals surface area contributed by atoms with Gasteiger partial charge in [0, 0.05) is 37.5 Å². The van der Waals surface area contributed by atoms with E-state index in [1.165, 1.54) is 0 Å². The van der Waals surface area contributed by atoms with Gasteiger partial charge in [0.1, 0.15) is 0 Å². The molecule has 104 valence electrons. The number of nitrogen functional groups attached to an aromatic ring is 1. The van der Waals surface area contributed by atoms with E-state index in [4.69, 9.17) is 10.3 Å². The molecule has 3 rings (SSSR count). The zero-order valence-corrected chi connectivity index (χ0v) is 11.2. The van der Waals surface area contributed by atoms with E-state index in [2.05, 4.69) is 10.1 Å². The third kappa shape index (κ3) is 2.32. The number of hydrogen-bond donors (Lipinski definition) is 1. The van der Waals surface area contributed by atoms with Gasteiger partial charge in [0.05, 0.1) is 6.54 Å². The smallest absolute Gasteiger partial charge is 0.241 e. The molecule has 2 heterocycles. The lowest BCUT2D eigenvalue weighted by atomic mass is 10.1. The van der Waals surface area contributed by atoms with Gasteiger partial charge in [-0.2, -0.15) is 0 Å². The molecule has 2 aromatic rings. The van der Waals surface area contributed by atoms with Gasteiger partial charge in [-0.15, -0.1) is 0 Å². The number of nitrogens with two attached hydrogens (primary N) is 1. The van der Waals surface area contributed by atoms with Crippen LogP contribution in [0.1, 0.15) is 0 Å². The zero-order valence-electron chi connectivity index (χ0n) is 11.2. The van der Waals surface area contributed by atoms with Crippen LogP contribution in [-0.2, 0) is 4.79 Å². The number of anilines is 2. The van der Waals surface area contributed by atoms with Crippen LogP contribution in [0.5, 0.6) is 0 Å². The predicted molar refractivity (Wildman–Crippen MR) is 76.2 cm³/mol. The van der Waals surface area contributed by atoms with Crippen LogP contribution in [0, 0.1) is 0 Å². The minimum atomic E-state index is 0.142. The molecule has 0 unspecified atom stereocenters. The minimum absolute atomic E-state index is 0.142. The second-order valence-electron chi connectivity index (χ2n) is 4.90. The molecule has 0 bridgehead atoms. The van der Waals surface area contributed by atoms with Gasteiger partial charge in [-0.1, -0.05) is 5.16 Å². The fourth-order valence-electron chi connectivity index (χ4n) is 2.24. The number of aromatic nitrogens is 1. The molecule has 0 atom stereocenters. The van der Waals surface area contributed by atoms with Crippen LogP contribution >= 0.6 is 0 Å². The van der Waals surface area contributed by atoms with Crippen molar-refractivity contribution in [2.75, 3.05) is 37.3 Å². The Morgan fingerprint density at radius 3 is 2.60 bits per heavy atom. The van der Waals surface area contributed by atoms with E-state index in [0.717, 1.165) is 24.3 Å². The highest BCUT2D eigenvalue weighted by Crippen LogP contribution is 2.25. The van der Waals surface area contributed by atoms with Crippen LogP contribution in [0.3, 0.4) is 0 Å². The maximum absolute atomic E-state index is 11.7. The Balaban J connectivity index is 1.78. The highest BCUT2D eigenvalue weighted by atomic mass is 16.5. The summed E-state index contributed by atoms with van der Waals surface area (Å²) in [6.07, 6.45) is 0. The van der Waals surface area contributed by atoms with Crippen molar-refractivity contribution in [2.45, 2.75) is 0 Å². The molecule has 1 aliphatic heterocycles. The maximum atomic E-state index is 11.7. The summed E-state index contributed by atoms with van der Waals surface area (Å²) in [6, 6.07) is 9.53. The summed E-state index contributed by atoms with van der Waals surface area (Å²) in [5.74, 6) is 1.15. The number of piperazine rings is 1. The van der Waals surface area contributed by atoms with Crippen molar-refractivity contribution < 1.29 is 9.32 Å². The number of amides is 1. The number of benzene rings is 1. The summed E-state index contributed by atoms with van der Waals surface area (Å²) in [5, 5.41) is 3.67. The molecule has 1 aromatic carbocycles. The van der Waals surface area contributed by atoms with Crippen LogP contribution in [0.4, 0.5) is 11.5 Å². The maximum Gasteiger partial charge on any atom is 0.241 e. The van der Waals surface area contributed by atoms with Gasteiger partial charge in [-0.25, -0.2) is 0 Å². The Morgan fingerprint density at radius 1 is 1.25 bits per heavy atom. The number of hydrogen-bond acceptors (Lipinski definition) is 5. The zero-order chi connectivity index (χ0) is 14.1. The van der Waals surface area contributed by atoms with Crippen LogP contribution < -0.4 is 10.6 Å². The van der Waals surface area contributed by atoms with Crippen molar-refractivity contribution in [3.63, 3.8) is 0 Å². The molecule has 1 fully saturated rings. The molecule has 6 heteroatoms. The Labute approximate surface area is 116 Å². The molecule has 20 heavy (non-hydrogen) atoms. The number of likely N-dealkylation sites (N-methyl/N-ethyl adjacent to an activating group) is 1. The molecule has 2 N–H and O–H groups in total. The summed E-state index contributed by atoms with van der Waals surface area (Å²) < 4.78 is 5.12. The first-order chi connectivity index (χ1) is 9.63. The number of carbonyl (C=O) groups is 1. The van der Waals surface area contributed by atoms with Gasteiger partial charge in [0.2, 0.25) is 5.91 Å². The fraction of sp³-hybridized carbons (Fsp3) is 0.286. The summed E-state index contributed by atoms with van der Waals surface area (Å²) in [4.78, 5) is 15.5. The molecule has 0 saturated carbocycles. The lowest BCUT2D eigenvalue weighted by molar-refractivity contribution is -0.129. The number of nitrogens with zero attached hydrogens (tertiary/aromatic N) is 3. The normalized spacial score (nSPS) is 15.8. The third-order valence-electron chi connectivity index (χ3n) is 3.50. The average Bonchev–Trinajstić information content (AvgIpc) is 2.89. The van der Waals surface area contributed by atoms with Crippen LogP contribution in [0.15, 0.2) is 34.9 Å². The third-order valence-corrected chi connectivity index (χ3v) is 3.50. The van der Waals surface area contributed by atoms with Gasteiger partial charge < -0.3 is 20.1 Å². The minimum Gasteiger partial charge on any atom is -0.381 e. The Hall–Kier alpha value is -2.50. The van der Waals surface area contributed by atoms with E-state index in [-0.39, 0.29) is 5.91 Å². The van der Waals surface area contributed by atoms with E-state index in [0.29, 0.717) is 18.1 Å². The van der Waals surface area contributed by atoms with Crippen LogP contribution in [-0.4, -0.2) is 42.6 Å². The van der Waals surface area contributed by atoms with E-state index < -0.39 is 0 Å². The topological polar surface area (TPSA) is 75.6 Å². The van der Waals surface area contributed by atoms with E-state index in [1.54, 1.807) is 11.0 Å². The average molecular weight is 272 g/mol. The molecule has 0 spiro atoms. The first kappa shape index (κ1) is 12.5. The van der Waals surface area contributed by atoms with Crippen molar-refractivity contribution >= 4 is 17.4 Å². The van der Waals surface area contributed by atoms with Crippen LogP contribution in [0.2, 0.25) is 0 Å². The highest BCUT2D eigenvalue weighted by molar-refractivity contribution is 5.82. The van der Waals surface area contributed by atoms with Crippen LogP contribution in [0.25, 0.3) is 11.3 Å². The number of carbonyl (C=O) groups excluding carboxylic acids is 1. The van der Waals surface area contributed by atoms with Gasteiger partial charge in [-0.3, -0.25) is 4.79 Å². The van der Waals surface area contributed by atoms with Gasteiger partial charge in [0.25, 0.3) is 0 Å². The van der Waals surface area contributed by atoms with E-state index in [9.17, 15) is 4.79 Å². The van der Waals surface area contributed by atoms with Gasteiger partial charge in [-0.05, 0) is 24.3 Å². The Bertz CT molecular complexity index is 620. The summed E-state index contributed by atoms with van der Waals surface area (Å²) >= 11 is 0. The summed E-state index contributed by atoms with van der Waals surface area (Å²) in [6.45, 7) is 2.02. The predicted octanol–water partition coefficient (Wildman–Crippen LogP) is 1.20. The van der Waals surface area contributed by atoms with Crippen molar-refractivity contribution in [2.24, 2.45) is 0 Å².